The highest BCUT2D eigenvalue weighted by molar-refractivity contribution is 7.91. The number of carbonyl (C=O) groups is 1. The van der Waals surface area contributed by atoms with Crippen LogP contribution in [0.25, 0.3) is 0 Å². The average molecular weight is 407 g/mol. The molecule has 0 atom stereocenters. The third kappa shape index (κ3) is 5.49. The molecule has 26 heavy (non-hydrogen) atoms. The number of carbonyl (C=O) groups excluding carboxylic acids is 1. The molecule has 1 fully saturated rings. The van der Waals surface area contributed by atoms with Crippen LogP contribution >= 0.6 is 12.4 Å². The fourth-order valence-corrected chi connectivity index (χ4v) is 4.16. The van der Waals surface area contributed by atoms with E-state index in [0.717, 1.165) is 25.9 Å². The lowest BCUT2D eigenvalue weighted by Crippen LogP contribution is -2.44. The maximum absolute atomic E-state index is 12.5. The fourth-order valence-electron chi connectivity index (χ4n) is 2.92. The Kier molecular flexibility index (Phi) is 8.66. The van der Waals surface area contributed by atoms with E-state index in [0.29, 0.717) is 11.5 Å². The molecular weight excluding hydrogens is 380 g/mol. The van der Waals surface area contributed by atoms with E-state index in [1.54, 1.807) is 18.0 Å². The Balaban J connectivity index is 0.00000338. The van der Waals surface area contributed by atoms with Crippen molar-refractivity contribution in [1.29, 1.82) is 0 Å². The zero-order valence-electron chi connectivity index (χ0n) is 15.4. The van der Waals surface area contributed by atoms with Gasteiger partial charge in [0, 0.05) is 25.6 Å². The average Bonchev–Trinajstić information content (AvgIpc) is 2.65. The Hall–Kier alpha value is -1.51. The monoisotopic (exact) mass is 406 g/mol. The molecule has 1 N–H and O–H groups in total. The molecule has 0 spiro atoms. The highest BCUT2D eigenvalue weighted by atomic mass is 35.5. The van der Waals surface area contributed by atoms with Gasteiger partial charge < -0.3 is 19.7 Å². The standard InChI is InChI=1S/C17H26N2O5S.ClH/c1-19(13-6-9-18-10-7-13)17(20)8-11-25(21,22)14-4-5-15(23-2)16(12-14)24-3;/h4-5,12-13,18H,6-11H2,1-3H3;1H. The first kappa shape index (κ1) is 22.5. The predicted octanol–water partition coefficient (Wildman–Crippen LogP) is 1.50. The number of amides is 1. The second kappa shape index (κ2) is 9.99. The Morgan fingerprint density at radius 2 is 1.81 bits per heavy atom. The van der Waals surface area contributed by atoms with Gasteiger partial charge in [0.1, 0.15) is 0 Å². The molecule has 0 aromatic heterocycles. The minimum atomic E-state index is -3.57. The zero-order chi connectivity index (χ0) is 18.4. The van der Waals surface area contributed by atoms with Gasteiger partial charge in [-0.15, -0.1) is 12.4 Å². The smallest absolute Gasteiger partial charge is 0.223 e. The number of rotatable bonds is 7. The van der Waals surface area contributed by atoms with Crippen LogP contribution in [0.1, 0.15) is 19.3 Å². The van der Waals surface area contributed by atoms with Crippen molar-refractivity contribution in [2.45, 2.75) is 30.2 Å². The Morgan fingerprint density at radius 3 is 2.38 bits per heavy atom. The van der Waals surface area contributed by atoms with Crippen LogP contribution in [0.3, 0.4) is 0 Å². The molecule has 0 aliphatic carbocycles. The van der Waals surface area contributed by atoms with Gasteiger partial charge in [-0.2, -0.15) is 0 Å². The molecular formula is C17H27ClN2O5S. The predicted molar refractivity (Wildman–Crippen MR) is 102 cm³/mol. The second-order valence-corrected chi connectivity index (χ2v) is 8.18. The maximum Gasteiger partial charge on any atom is 0.223 e. The number of ether oxygens (including phenoxy) is 2. The summed E-state index contributed by atoms with van der Waals surface area (Å²) in [6.45, 7) is 1.76. The first-order chi connectivity index (χ1) is 11.9. The molecule has 1 saturated heterocycles. The molecule has 0 bridgehead atoms. The van der Waals surface area contributed by atoms with Crippen molar-refractivity contribution in [3.05, 3.63) is 18.2 Å². The zero-order valence-corrected chi connectivity index (χ0v) is 17.0. The van der Waals surface area contributed by atoms with E-state index in [4.69, 9.17) is 9.47 Å². The van der Waals surface area contributed by atoms with Crippen molar-refractivity contribution in [1.82, 2.24) is 10.2 Å². The lowest BCUT2D eigenvalue weighted by molar-refractivity contribution is -0.132. The number of halogens is 1. The van der Waals surface area contributed by atoms with Crippen LogP contribution in [0.2, 0.25) is 0 Å². The number of sulfone groups is 1. The second-order valence-electron chi connectivity index (χ2n) is 6.07. The van der Waals surface area contributed by atoms with Gasteiger partial charge in [-0.25, -0.2) is 8.42 Å². The largest absolute Gasteiger partial charge is 0.493 e. The van der Waals surface area contributed by atoms with E-state index in [9.17, 15) is 13.2 Å². The van der Waals surface area contributed by atoms with Crippen LogP contribution in [0.5, 0.6) is 11.5 Å². The van der Waals surface area contributed by atoms with Crippen LogP contribution in [0.4, 0.5) is 0 Å². The lowest BCUT2D eigenvalue weighted by Gasteiger charge is -2.31. The minimum Gasteiger partial charge on any atom is -0.493 e. The van der Waals surface area contributed by atoms with Crippen molar-refractivity contribution >= 4 is 28.2 Å². The fraction of sp³-hybridized carbons (Fsp3) is 0.588. The summed E-state index contributed by atoms with van der Waals surface area (Å²) in [5.41, 5.74) is 0. The molecule has 1 aromatic rings. The molecule has 0 saturated carbocycles. The minimum absolute atomic E-state index is 0. The summed E-state index contributed by atoms with van der Waals surface area (Å²) in [5.74, 6) is 0.442. The molecule has 0 unspecified atom stereocenters. The summed E-state index contributed by atoms with van der Waals surface area (Å²) in [7, 11) is 1.12. The lowest BCUT2D eigenvalue weighted by atomic mass is 10.1. The number of hydrogen-bond donors (Lipinski definition) is 1. The van der Waals surface area contributed by atoms with E-state index in [1.807, 2.05) is 0 Å². The summed E-state index contributed by atoms with van der Waals surface area (Å²) in [6.07, 6.45) is 1.76. The summed E-state index contributed by atoms with van der Waals surface area (Å²) < 4.78 is 35.3. The van der Waals surface area contributed by atoms with Gasteiger partial charge in [-0.1, -0.05) is 0 Å². The molecule has 1 aliphatic heterocycles. The van der Waals surface area contributed by atoms with E-state index < -0.39 is 9.84 Å². The maximum atomic E-state index is 12.5. The van der Waals surface area contributed by atoms with Gasteiger partial charge in [-0.05, 0) is 38.1 Å². The Bertz CT molecular complexity index is 705. The van der Waals surface area contributed by atoms with E-state index >= 15 is 0 Å². The highest BCUT2D eigenvalue weighted by Crippen LogP contribution is 2.30. The first-order valence-electron chi connectivity index (χ1n) is 8.30. The third-order valence-electron chi connectivity index (χ3n) is 4.55. The van der Waals surface area contributed by atoms with E-state index in [-0.39, 0.29) is 41.4 Å². The quantitative estimate of drug-likeness (QED) is 0.738. The number of benzene rings is 1. The molecule has 148 valence electrons. The SMILES string of the molecule is COc1ccc(S(=O)(=O)CCC(=O)N(C)C2CCNCC2)cc1OC.Cl. The van der Waals surface area contributed by atoms with Crippen molar-refractivity contribution < 1.29 is 22.7 Å². The molecule has 0 radical (unpaired) electrons. The molecule has 7 nitrogen and oxygen atoms in total. The Morgan fingerprint density at radius 1 is 1.19 bits per heavy atom. The van der Waals surface area contributed by atoms with Gasteiger partial charge >= 0.3 is 0 Å². The van der Waals surface area contributed by atoms with Crippen LogP contribution < -0.4 is 14.8 Å². The Labute approximate surface area is 161 Å². The van der Waals surface area contributed by atoms with Crippen molar-refractivity contribution in [3.8, 4) is 11.5 Å². The molecule has 1 heterocycles. The van der Waals surface area contributed by atoms with Crippen LogP contribution in [-0.2, 0) is 14.6 Å². The van der Waals surface area contributed by atoms with Crippen molar-refractivity contribution in [2.75, 3.05) is 40.1 Å². The first-order valence-corrected chi connectivity index (χ1v) is 9.95. The molecule has 9 heteroatoms. The van der Waals surface area contributed by atoms with Crippen LogP contribution in [0, 0.1) is 0 Å². The van der Waals surface area contributed by atoms with Gasteiger partial charge in [-0.3, -0.25) is 4.79 Å². The molecule has 1 aromatic carbocycles. The van der Waals surface area contributed by atoms with Gasteiger partial charge in [0.25, 0.3) is 0 Å². The third-order valence-corrected chi connectivity index (χ3v) is 6.26. The van der Waals surface area contributed by atoms with Crippen LogP contribution in [-0.4, -0.2) is 65.4 Å². The topological polar surface area (TPSA) is 84.9 Å². The number of nitrogens with zero attached hydrogens (tertiary/aromatic N) is 1. The van der Waals surface area contributed by atoms with Gasteiger partial charge in [0.05, 0.1) is 24.9 Å². The number of hydrogen-bond acceptors (Lipinski definition) is 6. The molecule has 1 amide bonds. The summed E-state index contributed by atoms with van der Waals surface area (Å²) in [5, 5.41) is 3.25. The van der Waals surface area contributed by atoms with Crippen molar-refractivity contribution in [2.24, 2.45) is 0 Å². The van der Waals surface area contributed by atoms with E-state index in [1.165, 1.54) is 26.4 Å². The van der Waals surface area contributed by atoms with Crippen LogP contribution in [0.15, 0.2) is 23.1 Å². The number of piperidine rings is 1. The number of nitrogens with one attached hydrogen (secondary N) is 1. The number of methoxy groups -OCH3 is 2. The van der Waals surface area contributed by atoms with Crippen molar-refractivity contribution in [3.63, 3.8) is 0 Å². The normalized spacial score (nSPS) is 15.0. The summed E-state index contributed by atoms with van der Waals surface area (Å²) in [4.78, 5) is 14.2. The van der Waals surface area contributed by atoms with Gasteiger partial charge in [0.2, 0.25) is 5.91 Å². The molecule has 1 aliphatic rings. The molecule has 2 rings (SSSR count). The summed E-state index contributed by atoms with van der Waals surface area (Å²) in [6, 6.07) is 4.62. The van der Waals surface area contributed by atoms with E-state index in [2.05, 4.69) is 5.32 Å². The van der Waals surface area contributed by atoms with Gasteiger partial charge in [0.15, 0.2) is 21.3 Å². The summed E-state index contributed by atoms with van der Waals surface area (Å²) >= 11 is 0. The highest BCUT2D eigenvalue weighted by Gasteiger charge is 2.24.